The van der Waals surface area contributed by atoms with Gasteiger partial charge in [-0.1, -0.05) is 12.1 Å². The third-order valence-corrected chi connectivity index (χ3v) is 4.15. The first-order chi connectivity index (χ1) is 12.0. The Morgan fingerprint density at radius 2 is 2.12 bits per heavy atom. The van der Waals surface area contributed by atoms with Crippen LogP contribution in [0.15, 0.2) is 55.1 Å². The van der Waals surface area contributed by atoms with Crippen molar-refractivity contribution in [1.29, 1.82) is 0 Å². The topological polar surface area (TPSA) is 86.3 Å². The molecular weight excluding hydrogens is 437 g/mol. The Morgan fingerprint density at radius 3 is 2.84 bits per heavy atom. The molecule has 2 aromatic carbocycles. The summed E-state index contributed by atoms with van der Waals surface area (Å²) in [6.45, 7) is 0.483. The zero-order chi connectivity index (χ0) is 17.8. The Labute approximate surface area is 157 Å². The van der Waals surface area contributed by atoms with Crippen molar-refractivity contribution >= 4 is 34.0 Å². The van der Waals surface area contributed by atoms with Crippen molar-refractivity contribution in [2.75, 3.05) is 12.1 Å². The third kappa shape index (κ3) is 4.05. The van der Waals surface area contributed by atoms with Gasteiger partial charge in [0.2, 0.25) is 0 Å². The molecule has 0 aliphatic carbocycles. The van der Waals surface area contributed by atoms with E-state index in [0.717, 1.165) is 9.13 Å². The number of hydrogen-bond acceptors (Lipinski definition) is 6. The third-order valence-electron chi connectivity index (χ3n) is 3.47. The van der Waals surface area contributed by atoms with Crippen molar-refractivity contribution in [2.24, 2.45) is 0 Å². The molecule has 0 bridgehead atoms. The van der Waals surface area contributed by atoms with Gasteiger partial charge in [0, 0.05) is 22.2 Å². The van der Waals surface area contributed by atoms with E-state index in [0.29, 0.717) is 18.0 Å². The van der Waals surface area contributed by atoms with Gasteiger partial charge in [-0.25, -0.2) is 14.7 Å². The minimum atomic E-state index is -0.431. The van der Waals surface area contributed by atoms with Crippen LogP contribution in [0, 0.1) is 13.7 Å². The van der Waals surface area contributed by atoms with Crippen molar-refractivity contribution in [3.8, 4) is 5.75 Å². The predicted octanol–water partition coefficient (Wildman–Crippen LogP) is 3.27. The van der Waals surface area contributed by atoms with Crippen LogP contribution < -0.4 is 9.90 Å². The molecule has 0 amide bonds. The standard InChI is InChI=1S/C16H14IN5O3/c1-20(14-4-2-3-5-15(14)22(23)24)25-16-7-6-13(17)8-12(16)9-21-11-18-10-19-21/h2-8,10-11H,9H2,1H3. The monoisotopic (exact) mass is 451 g/mol. The van der Waals surface area contributed by atoms with Crippen LogP contribution in [0.25, 0.3) is 0 Å². The summed E-state index contributed by atoms with van der Waals surface area (Å²) in [4.78, 5) is 20.6. The summed E-state index contributed by atoms with van der Waals surface area (Å²) in [5.74, 6) is 0.594. The fourth-order valence-corrected chi connectivity index (χ4v) is 2.89. The second-order valence-corrected chi connectivity index (χ2v) is 6.43. The molecule has 0 spiro atoms. The zero-order valence-electron chi connectivity index (χ0n) is 13.2. The number of hydroxylamine groups is 1. The normalized spacial score (nSPS) is 10.5. The molecule has 0 fully saturated rings. The highest BCUT2D eigenvalue weighted by atomic mass is 127. The molecule has 8 nitrogen and oxygen atoms in total. The lowest BCUT2D eigenvalue weighted by Crippen LogP contribution is -2.23. The second kappa shape index (κ2) is 7.47. The SMILES string of the molecule is CN(Oc1ccc(I)cc1Cn1cncn1)c1ccccc1[N+](=O)[O-]. The Bertz CT molecular complexity index is 885. The molecule has 0 aliphatic heterocycles. The lowest BCUT2D eigenvalue weighted by atomic mass is 10.2. The van der Waals surface area contributed by atoms with E-state index in [9.17, 15) is 10.1 Å². The van der Waals surface area contributed by atoms with Crippen LogP contribution in [0.2, 0.25) is 0 Å². The molecule has 128 valence electrons. The molecule has 1 heterocycles. The van der Waals surface area contributed by atoms with Crippen molar-refractivity contribution < 1.29 is 9.76 Å². The van der Waals surface area contributed by atoms with E-state index in [2.05, 4.69) is 32.7 Å². The van der Waals surface area contributed by atoms with Gasteiger partial charge >= 0.3 is 0 Å². The number of halogens is 1. The van der Waals surface area contributed by atoms with Crippen LogP contribution >= 0.6 is 22.6 Å². The molecule has 9 heteroatoms. The summed E-state index contributed by atoms with van der Waals surface area (Å²) in [7, 11) is 1.64. The van der Waals surface area contributed by atoms with Crippen LogP contribution in [-0.4, -0.2) is 26.7 Å². The first kappa shape index (κ1) is 17.1. The van der Waals surface area contributed by atoms with E-state index in [1.165, 1.54) is 17.5 Å². The smallest absolute Gasteiger partial charge is 0.295 e. The minimum absolute atomic E-state index is 0.0201. The van der Waals surface area contributed by atoms with E-state index in [-0.39, 0.29) is 5.69 Å². The van der Waals surface area contributed by atoms with Gasteiger partial charge in [-0.15, -0.1) is 0 Å². The summed E-state index contributed by atoms with van der Waals surface area (Å²) < 4.78 is 2.73. The number of nitro groups is 1. The fourth-order valence-electron chi connectivity index (χ4n) is 2.33. The molecule has 0 aliphatic rings. The Balaban J connectivity index is 1.89. The number of aromatic nitrogens is 3. The minimum Gasteiger partial charge on any atom is -0.379 e. The number of anilines is 1. The van der Waals surface area contributed by atoms with E-state index in [4.69, 9.17) is 4.84 Å². The largest absolute Gasteiger partial charge is 0.379 e. The quantitative estimate of drug-likeness (QED) is 0.325. The van der Waals surface area contributed by atoms with Crippen molar-refractivity contribution in [3.63, 3.8) is 0 Å². The summed E-state index contributed by atoms with van der Waals surface area (Å²) in [5.41, 5.74) is 1.24. The first-order valence-corrected chi connectivity index (χ1v) is 8.38. The molecule has 0 radical (unpaired) electrons. The molecular formula is C16H14IN5O3. The maximum Gasteiger partial charge on any atom is 0.295 e. The number of hydrogen-bond donors (Lipinski definition) is 0. The molecule has 1 aromatic heterocycles. The van der Waals surface area contributed by atoms with Gasteiger partial charge in [-0.05, 0) is 46.9 Å². The van der Waals surface area contributed by atoms with Crippen molar-refractivity contribution in [2.45, 2.75) is 6.54 Å². The zero-order valence-corrected chi connectivity index (χ0v) is 15.4. The second-order valence-electron chi connectivity index (χ2n) is 5.18. The molecule has 25 heavy (non-hydrogen) atoms. The van der Waals surface area contributed by atoms with Gasteiger partial charge in [0.1, 0.15) is 12.7 Å². The van der Waals surface area contributed by atoms with E-state index >= 15 is 0 Å². The molecule has 0 unspecified atom stereocenters. The molecule has 0 atom stereocenters. The van der Waals surface area contributed by atoms with Crippen molar-refractivity contribution in [3.05, 3.63) is 74.4 Å². The summed E-state index contributed by atoms with van der Waals surface area (Å²) in [6.07, 6.45) is 3.09. The molecule has 0 N–H and O–H groups in total. The predicted molar refractivity (Wildman–Crippen MR) is 100 cm³/mol. The van der Waals surface area contributed by atoms with Gasteiger partial charge in [-0.2, -0.15) is 5.10 Å². The number of para-hydroxylation sites is 2. The highest BCUT2D eigenvalue weighted by Crippen LogP contribution is 2.29. The molecule has 3 aromatic rings. The summed E-state index contributed by atoms with van der Waals surface area (Å²) in [5, 5.41) is 16.7. The molecule has 3 rings (SSSR count). The number of nitrogens with zero attached hydrogens (tertiary/aromatic N) is 5. The Morgan fingerprint density at radius 1 is 1.32 bits per heavy atom. The van der Waals surface area contributed by atoms with Crippen LogP contribution in [0.5, 0.6) is 5.75 Å². The summed E-state index contributed by atoms with van der Waals surface area (Å²) >= 11 is 2.22. The van der Waals surface area contributed by atoms with Crippen LogP contribution in [0.3, 0.4) is 0 Å². The lowest BCUT2D eigenvalue weighted by Gasteiger charge is -2.21. The van der Waals surface area contributed by atoms with E-state index in [1.54, 1.807) is 36.3 Å². The highest BCUT2D eigenvalue weighted by molar-refractivity contribution is 14.1. The van der Waals surface area contributed by atoms with Crippen molar-refractivity contribution in [1.82, 2.24) is 14.8 Å². The number of rotatable bonds is 6. The number of nitro benzene ring substituents is 1. The summed E-state index contributed by atoms with van der Waals surface area (Å²) in [6, 6.07) is 12.2. The lowest BCUT2D eigenvalue weighted by molar-refractivity contribution is -0.384. The number of benzene rings is 2. The average Bonchev–Trinajstić information content (AvgIpc) is 3.10. The average molecular weight is 451 g/mol. The molecule has 0 saturated heterocycles. The first-order valence-electron chi connectivity index (χ1n) is 7.30. The molecule has 0 saturated carbocycles. The van der Waals surface area contributed by atoms with E-state index in [1.807, 2.05) is 18.2 Å². The maximum absolute atomic E-state index is 11.2. The van der Waals surface area contributed by atoms with Gasteiger partial charge in [0.15, 0.2) is 11.4 Å². The maximum atomic E-state index is 11.2. The van der Waals surface area contributed by atoms with E-state index < -0.39 is 4.92 Å². The van der Waals surface area contributed by atoms with Gasteiger partial charge in [-0.3, -0.25) is 10.1 Å². The van der Waals surface area contributed by atoms with Crippen LogP contribution in [0.1, 0.15) is 5.56 Å². The Hall–Kier alpha value is -2.69. The van der Waals surface area contributed by atoms with Crippen LogP contribution in [0.4, 0.5) is 11.4 Å². The highest BCUT2D eigenvalue weighted by Gasteiger charge is 2.18. The van der Waals surface area contributed by atoms with Crippen LogP contribution in [-0.2, 0) is 6.54 Å². The Kier molecular flexibility index (Phi) is 5.12. The van der Waals surface area contributed by atoms with Gasteiger partial charge < -0.3 is 4.84 Å². The van der Waals surface area contributed by atoms with Gasteiger partial charge in [0.25, 0.3) is 5.69 Å². The fraction of sp³-hybridized carbons (Fsp3) is 0.125. The van der Waals surface area contributed by atoms with Gasteiger partial charge in [0.05, 0.1) is 11.5 Å².